The molecule has 2 N–H and O–H groups in total. The number of amides is 1. The van der Waals surface area contributed by atoms with E-state index in [0.717, 1.165) is 0 Å². The fraction of sp³-hybridized carbons (Fsp3) is 0. The number of anilines is 2. The van der Waals surface area contributed by atoms with Gasteiger partial charge in [0.1, 0.15) is 0 Å². The number of nitriles is 1. The van der Waals surface area contributed by atoms with Gasteiger partial charge in [-0.1, -0.05) is 29.8 Å². The molecule has 0 saturated carbocycles. The van der Waals surface area contributed by atoms with E-state index in [1.54, 1.807) is 36.4 Å². The Labute approximate surface area is 167 Å². The maximum atomic E-state index is 12.7. The zero-order chi connectivity index (χ0) is 20.1. The largest absolute Gasteiger partial charge is 0.322 e. The summed E-state index contributed by atoms with van der Waals surface area (Å²) in [5.74, 6) is -0.480. The third-order valence-electron chi connectivity index (χ3n) is 3.79. The molecule has 140 valence electrons. The predicted octanol–water partition coefficient (Wildman–Crippen LogP) is 4.26. The van der Waals surface area contributed by atoms with Crippen LogP contribution in [0.3, 0.4) is 0 Å². The highest BCUT2D eigenvalue weighted by Gasteiger charge is 2.19. The number of benzene rings is 3. The average molecular weight is 412 g/mol. The molecular formula is C20H14ClN3O3S. The number of hydrogen-bond donors (Lipinski definition) is 2. The number of nitrogens with one attached hydrogen (secondary N) is 2. The van der Waals surface area contributed by atoms with Crippen molar-refractivity contribution in [2.24, 2.45) is 0 Å². The molecular weight excluding hydrogens is 398 g/mol. The Morgan fingerprint density at radius 2 is 1.68 bits per heavy atom. The van der Waals surface area contributed by atoms with E-state index >= 15 is 0 Å². The van der Waals surface area contributed by atoms with Gasteiger partial charge >= 0.3 is 0 Å². The Hall–Kier alpha value is -3.34. The average Bonchev–Trinajstić information content (AvgIpc) is 2.70. The van der Waals surface area contributed by atoms with Crippen molar-refractivity contribution in [1.29, 1.82) is 5.26 Å². The molecule has 0 bridgehead atoms. The highest BCUT2D eigenvalue weighted by atomic mass is 35.5. The molecule has 0 aliphatic heterocycles. The summed E-state index contributed by atoms with van der Waals surface area (Å²) in [7, 11) is -3.98. The van der Waals surface area contributed by atoms with Gasteiger partial charge in [-0.25, -0.2) is 8.42 Å². The first-order valence-corrected chi connectivity index (χ1v) is 9.94. The summed E-state index contributed by atoms with van der Waals surface area (Å²) in [6.45, 7) is 0. The van der Waals surface area contributed by atoms with Crippen LogP contribution in [0.5, 0.6) is 0 Å². The molecule has 3 aromatic carbocycles. The highest BCUT2D eigenvalue weighted by Crippen LogP contribution is 2.22. The molecule has 0 spiro atoms. The molecule has 0 aliphatic carbocycles. The van der Waals surface area contributed by atoms with Gasteiger partial charge in [0.15, 0.2) is 0 Å². The second kappa shape index (κ2) is 8.13. The number of rotatable bonds is 5. The second-order valence-corrected chi connectivity index (χ2v) is 7.87. The molecule has 3 aromatic rings. The summed E-state index contributed by atoms with van der Waals surface area (Å²) < 4.78 is 27.8. The van der Waals surface area contributed by atoms with Crippen molar-refractivity contribution in [3.63, 3.8) is 0 Å². The maximum Gasteiger partial charge on any atom is 0.261 e. The van der Waals surface area contributed by atoms with E-state index in [4.69, 9.17) is 16.9 Å². The summed E-state index contributed by atoms with van der Waals surface area (Å²) in [4.78, 5) is 12.6. The lowest BCUT2D eigenvalue weighted by Crippen LogP contribution is -2.18. The normalized spacial score (nSPS) is 10.7. The Bertz CT molecular complexity index is 1170. The summed E-state index contributed by atoms with van der Waals surface area (Å²) in [5.41, 5.74) is 1.01. The molecule has 0 heterocycles. The highest BCUT2D eigenvalue weighted by molar-refractivity contribution is 7.92. The van der Waals surface area contributed by atoms with Crippen LogP contribution in [-0.2, 0) is 10.0 Å². The fourth-order valence-corrected chi connectivity index (χ4v) is 3.69. The predicted molar refractivity (Wildman–Crippen MR) is 108 cm³/mol. The van der Waals surface area contributed by atoms with Gasteiger partial charge in [0.25, 0.3) is 15.9 Å². The van der Waals surface area contributed by atoms with Crippen LogP contribution in [0.4, 0.5) is 11.4 Å². The summed E-state index contributed by atoms with van der Waals surface area (Å²) in [6, 6.07) is 20.3. The molecule has 8 heteroatoms. The number of halogens is 1. The zero-order valence-electron chi connectivity index (χ0n) is 14.4. The number of para-hydroxylation sites is 1. The SMILES string of the molecule is N#Cc1cccc(S(=O)(=O)Nc2ccccc2C(=O)Nc2ccc(Cl)cc2)c1. The molecule has 28 heavy (non-hydrogen) atoms. The molecule has 0 aliphatic rings. The summed E-state index contributed by atoms with van der Waals surface area (Å²) in [5, 5.41) is 12.2. The van der Waals surface area contributed by atoms with Crippen molar-refractivity contribution >= 4 is 38.9 Å². The van der Waals surface area contributed by atoms with Gasteiger partial charge in [-0.05, 0) is 54.6 Å². The minimum atomic E-state index is -3.98. The van der Waals surface area contributed by atoms with Crippen LogP contribution in [0.2, 0.25) is 5.02 Å². The Balaban J connectivity index is 1.88. The van der Waals surface area contributed by atoms with Crippen LogP contribution in [0.25, 0.3) is 0 Å². The summed E-state index contributed by atoms with van der Waals surface area (Å²) in [6.07, 6.45) is 0. The van der Waals surface area contributed by atoms with Gasteiger partial charge in [0, 0.05) is 10.7 Å². The molecule has 6 nitrogen and oxygen atoms in total. The van der Waals surface area contributed by atoms with Gasteiger partial charge in [-0.2, -0.15) is 5.26 Å². The molecule has 0 atom stereocenters. The van der Waals surface area contributed by atoms with Crippen molar-refractivity contribution in [2.75, 3.05) is 10.0 Å². The second-order valence-electron chi connectivity index (χ2n) is 5.75. The number of carbonyl (C=O) groups is 1. The Morgan fingerprint density at radius 1 is 0.964 bits per heavy atom. The van der Waals surface area contributed by atoms with Crippen LogP contribution in [0.1, 0.15) is 15.9 Å². The van der Waals surface area contributed by atoms with Crippen LogP contribution >= 0.6 is 11.6 Å². The van der Waals surface area contributed by atoms with Crippen molar-refractivity contribution in [2.45, 2.75) is 4.90 Å². The van der Waals surface area contributed by atoms with Gasteiger partial charge in [0.05, 0.1) is 27.8 Å². The zero-order valence-corrected chi connectivity index (χ0v) is 16.0. The van der Waals surface area contributed by atoms with E-state index in [0.29, 0.717) is 10.7 Å². The number of sulfonamides is 1. The first-order chi connectivity index (χ1) is 13.4. The minimum Gasteiger partial charge on any atom is -0.322 e. The minimum absolute atomic E-state index is 0.0699. The van der Waals surface area contributed by atoms with Crippen molar-refractivity contribution in [3.05, 3.63) is 88.9 Å². The monoisotopic (exact) mass is 411 g/mol. The molecule has 0 radical (unpaired) electrons. The lowest BCUT2D eigenvalue weighted by atomic mass is 10.1. The Kier molecular flexibility index (Phi) is 5.64. The first kappa shape index (κ1) is 19.4. The van der Waals surface area contributed by atoms with E-state index in [2.05, 4.69) is 10.0 Å². The number of nitrogens with zero attached hydrogens (tertiary/aromatic N) is 1. The van der Waals surface area contributed by atoms with Crippen LogP contribution < -0.4 is 10.0 Å². The Morgan fingerprint density at radius 3 is 2.39 bits per heavy atom. The van der Waals surface area contributed by atoms with Gasteiger partial charge in [0.2, 0.25) is 0 Å². The lowest BCUT2D eigenvalue weighted by Gasteiger charge is -2.13. The third kappa shape index (κ3) is 4.49. The number of carbonyl (C=O) groups excluding carboxylic acids is 1. The van der Waals surface area contributed by atoms with E-state index in [-0.39, 0.29) is 21.7 Å². The summed E-state index contributed by atoms with van der Waals surface area (Å²) >= 11 is 5.83. The van der Waals surface area contributed by atoms with Crippen molar-refractivity contribution < 1.29 is 13.2 Å². The fourth-order valence-electron chi connectivity index (χ4n) is 2.44. The first-order valence-electron chi connectivity index (χ1n) is 8.08. The molecule has 0 saturated heterocycles. The maximum absolute atomic E-state index is 12.7. The molecule has 0 fully saturated rings. The third-order valence-corrected chi connectivity index (χ3v) is 5.41. The van der Waals surface area contributed by atoms with Crippen molar-refractivity contribution in [1.82, 2.24) is 0 Å². The smallest absolute Gasteiger partial charge is 0.261 e. The molecule has 0 unspecified atom stereocenters. The van der Waals surface area contributed by atoms with Crippen LogP contribution in [0, 0.1) is 11.3 Å². The van der Waals surface area contributed by atoms with Crippen molar-refractivity contribution in [3.8, 4) is 6.07 Å². The quantitative estimate of drug-likeness (QED) is 0.655. The van der Waals surface area contributed by atoms with Gasteiger partial charge < -0.3 is 5.32 Å². The molecule has 0 aromatic heterocycles. The van der Waals surface area contributed by atoms with E-state index in [1.165, 1.54) is 36.4 Å². The molecule has 3 rings (SSSR count). The number of hydrogen-bond acceptors (Lipinski definition) is 4. The topological polar surface area (TPSA) is 99.1 Å². The van der Waals surface area contributed by atoms with Gasteiger partial charge in [-0.3, -0.25) is 9.52 Å². The van der Waals surface area contributed by atoms with E-state index in [9.17, 15) is 13.2 Å². The standard InChI is InChI=1S/C20H14ClN3O3S/c21-15-8-10-16(11-9-15)23-20(25)18-6-1-2-7-19(18)24-28(26,27)17-5-3-4-14(12-17)13-22/h1-12,24H,(H,23,25). The van der Waals surface area contributed by atoms with Crippen LogP contribution in [-0.4, -0.2) is 14.3 Å². The molecule has 1 amide bonds. The van der Waals surface area contributed by atoms with Crippen LogP contribution in [0.15, 0.2) is 77.7 Å². The lowest BCUT2D eigenvalue weighted by molar-refractivity contribution is 0.102. The van der Waals surface area contributed by atoms with Gasteiger partial charge in [-0.15, -0.1) is 0 Å². The van der Waals surface area contributed by atoms with E-state index < -0.39 is 15.9 Å². The van der Waals surface area contributed by atoms with E-state index in [1.807, 2.05) is 6.07 Å².